The fraction of sp³-hybridized carbons (Fsp3) is 0.789. The van der Waals surface area contributed by atoms with E-state index in [-0.39, 0.29) is 44.2 Å². The van der Waals surface area contributed by atoms with Gasteiger partial charge in [-0.05, 0) is 32.1 Å². The zero-order valence-corrected chi connectivity index (χ0v) is 14.7. The molecule has 0 radical (unpaired) electrons. The molecule has 0 aromatic heterocycles. The van der Waals surface area contributed by atoms with Crippen molar-refractivity contribution >= 4 is 49.9 Å². The van der Waals surface area contributed by atoms with Gasteiger partial charge in [0.25, 0.3) is 0 Å². The van der Waals surface area contributed by atoms with Gasteiger partial charge in [0.2, 0.25) is 0 Å². The zero-order valence-electron chi connectivity index (χ0n) is 14.7. The van der Waals surface area contributed by atoms with Gasteiger partial charge in [-0.3, -0.25) is 4.79 Å². The van der Waals surface area contributed by atoms with Gasteiger partial charge in [0.05, 0.1) is 0 Å². The molecule has 1 N–H and O–H groups in total. The summed E-state index contributed by atoms with van der Waals surface area (Å²) in [5, 5.41) is 8.26. The summed E-state index contributed by atoms with van der Waals surface area (Å²) in [5.41, 5.74) is 0. The second-order valence-corrected chi connectivity index (χ2v) is 6.07. The molecule has 0 rings (SSSR count). The van der Waals surface area contributed by atoms with Gasteiger partial charge in [0, 0.05) is 6.42 Å². The Morgan fingerprint density at radius 2 is 1.25 bits per heavy atom. The van der Waals surface area contributed by atoms with Crippen molar-refractivity contribution in [3.8, 4) is 0 Å². The molecule has 0 aromatic rings. The van der Waals surface area contributed by atoms with Crippen LogP contribution in [0.1, 0.15) is 96.8 Å². The summed E-state index contributed by atoms with van der Waals surface area (Å²) in [4.78, 5) is 21.1. The number of rotatable bonds is 15. The molecule has 0 saturated heterocycles. The molecule has 4 nitrogen and oxygen atoms in total. The molecule has 0 amide bonds. The van der Waals surface area contributed by atoms with Crippen LogP contribution in [0.3, 0.4) is 0 Å². The Bertz CT molecular complexity index is 329. The Morgan fingerprint density at radius 1 is 0.792 bits per heavy atom. The van der Waals surface area contributed by atoms with E-state index in [0.29, 0.717) is 6.42 Å². The third-order valence-electron chi connectivity index (χ3n) is 3.84. The maximum atomic E-state index is 11.0. The van der Waals surface area contributed by atoms with Crippen LogP contribution >= 0.6 is 0 Å². The van der Waals surface area contributed by atoms with E-state index < -0.39 is 12.1 Å². The van der Waals surface area contributed by atoms with Crippen LogP contribution in [0, 0.1) is 0 Å². The average molecular weight is 369 g/mol. The van der Waals surface area contributed by atoms with E-state index in [4.69, 9.17) is 5.11 Å². The van der Waals surface area contributed by atoms with Crippen molar-refractivity contribution in [2.45, 2.75) is 96.8 Å². The van der Waals surface area contributed by atoms with Crippen LogP contribution < -0.4 is 0 Å². The topological polar surface area (TPSA) is 63.6 Å². The summed E-state index contributed by atoms with van der Waals surface area (Å²) in [6, 6.07) is 0. The molecule has 24 heavy (non-hydrogen) atoms. The number of ether oxygens (including phenoxy) is 1. The molecule has 0 fully saturated rings. The fourth-order valence-electron chi connectivity index (χ4n) is 2.49. The van der Waals surface area contributed by atoms with Gasteiger partial charge in [0.1, 0.15) is 0 Å². The van der Waals surface area contributed by atoms with Crippen LogP contribution in [0.5, 0.6) is 0 Å². The third-order valence-corrected chi connectivity index (χ3v) is 3.84. The molecule has 0 atom stereocenters. The number of esters is 1. The van der Waals surface area contributed by atoms with Crippen LogP contribution in [0.4, 0.5) is 4.79 Å². The molecular weight excluding hydrogens is 332 g/mol. The van der Waals surface area contributed by atoms with Gasteiger partial charge in [0.15, 0.2) is 0 Å². The Hall–Kier alpha value is -0.0603. The van der Waals surface area contributed by atoms with Crippen molar-refractivity contribution in [3.05, 3.63) is 12.2 Å². The van der Waals surface area contributed by atoms with Crippen molar-refractivity contribution < 1.29 is 19.4 Å². The summed E-state index contributed by atoms with van der Waals surface area (Å²) < 4.78 is 4.04. The fourth-order valence-corrected chi connectivity index (χ4v) is 2.49. The molecule has 0 spiro atoms. The van der Waals surface area contributed by atoms with E-state index in [0.717, 1.165) is 25.7 Å². The predicted octanol–water partition coefficient (Wildman–Crippen LogP) is 5.33. The number of hydrogen-bond acceptors (Lipinski definition) is 3. The number of unbranched alkanes of at least 4 members (excludes halogenated alkanes) is 11. The summed E-state index contributed by atoms with van der Waals surface area (Å²) in [5.74, 6) is -0.643. The first kappa shape index (κ1) is 26.2. The number of carbonyl (C=O) groups is 2. The third kappa shape index (κ3) is 21.9. The SMILES string of the molecule is CCCCCCCC/C=C\CCCCCCCC(=O)OC(=O)O.[CaH2]. The molecule has 0 aliphatic carbocycles. The van der Waals surface area contributed by atoms with E-state index in [1.54, 1.807) is 0 Å². The summed E-state index contributed by atoms with van der Waals surface area (Å²) in [6.07, 6.45) is 18.8. The molecule has 0 bridgehead atoms. The van der Waals surface area contributed by atoms with Crippen LogP contribution in [0.15, 0.2) is 12.2 Å². The monoisotopic (exact) mass is 368 g/mol. The van der Waals surface area contributed by atoms with Crippen molar-refractivity contribution in [2.75, 3.05) is 0 Å². The Kier molecular flexibility index (Phi) is 22.9. The van der Waals surface area contributed by atoms with Gasteiger partial charge >= 0.3 is 49.9 Å². The first-order valence-corrected chi connectivity index (χ1v) is 9.25. The standard InChI is InChI=1S/C19H34O4.Ca.2H/c1-2-3-4-5-6-7-8-9-10-11-12-13-14-15-16-17-18(20)23-19(21)22;;;/h9-10H,2-8,11-17H2,1H3,(H,21,22);;;/b10-9-;;;. The van der Waals surface area contributed by atoms with Gasteiger partial charge in [-0.15, -0.1) is 0 Å². The Balaban J connectivity index is 0. The van der Waals surface area contributed by atoms with Gasteiger partial charge in [-0.25, -0.2) is 4.79 Å². The van der Waals surface area contributed by atoms with E-state index in [1.807, 2.05) is 0 Å². The van der Waals surface area contributed by atoms with Crippen molar-refractivity contribution in [3.63, 3.8) is 0 Å². The molecule has 0 unspecified atom stereocenters. The number of carbonyl (C=O) groups excluding carboxylic acids is 1. The molecule has 0 aliphatic heterocycles. The van der Waals surface area contributed by atoms with Crippen LogP contribution in [-0.4, -0.2) is 55.0 Å². The summed E-state index contributed by atoms with van der Waals surface area (Å²) >= 11 is 0. The minimum atomic E-state index is -1.51. The quantitative estimate of drug-likeness (QED) is 0.139. The zero-order chi connectivity index (χ0) is 17.2. The van der Waals surface area contributed by atoms with E-state index in [2.05, 4.69) is 23.8 Å². The molecule has 0 saturated carbocycles. The van der Waals surface area contributed by atoms with Gasteiger partial charge in [-0.2, -0.15) is 0 Å². The van der Waals surface area contributed by atoms with Crippen LogP contribution in [0.25, 0.3) is 0 Å². The summed E-state index contributed by atoms with van der Waals surface area (Å²) in [6.45, 7) is 2.25. The Labute approximate surface area is 177 Å². The van der Waals surface area contributed by atoms with E-state index in [1.165, 1.54) is 51.4 Å². The van der Waals surface area contributed by atoms with E-state index >= 15 is 0 Å². The number of allylic oxidation sites excluding steroid dienone is 2. The second kappa shape index (κ2) is 21.0. The van der Waals surface area contributed by atoms with Crippen LogP contribution in [-0.2, 0) is 9.53 Å². The normalized spacial score (nSPS) is 10.5. The molecule has 0 aromatic carbocycles. The minimum absolute atomic E-state index is 0. The van der Waals surface area contributed by atoms with Gasteiger partial charge in [-0.1, -0.05) is 70.4 Å². The molecule has 0 aliphatic rings. The van der Waals surface area contributed by atoms with Crippen molar-refractivity contribution in [1.82, 2.24) is 0 Å². The first-order valence-electron chi connectivity index (χ1n) is 9.25. The molecule has 138 valence electrons. The predicted molar refractivity (Wildman–Crippen MR) is 102 cm³/mol. The maximum absolute atomic E-state index is 11.0. The molecular formula is C19H36CaO4. The van der Waals surface area contributed by atoms with Crippen molar-refractivity contribution in [1.29, 1.82) is 0 Å². The average Bonchev–Trinajstić information content (AvgIpc) is 2.50. The number of carboxylic acid groups (broad SMARTS) is 1. The molecule has 5 heteroatoms. The molecule has 0 heterocycles. The number of hydrogen-bond donors (Lipinski definition) is 1. The van der Waals surface area contributed by atoms with Crippen LogP contribution in [0.2, 0.25) is 0 Å². The Morgan fingerprint density at radius 3 is 1.75 bits per heavy atom. The summed E-state index contributed by atoms with van der Waals surface area (Å²) in [7, 11) is 0. The van der Waals surface area contributed by atoms with Gasteiger partial charge < -0.3 is 9.84 Å². The van der Waals surface area contributed by atoms with E-state index in [9.17, 15) is 9.59 Å². The van der Waals surface area contributed by atoms with Crippen molar-refractivity contribution in [2.24, 2.45) is 0 Å². The first-order chi connectivity index (χ1) is 11.2. The second-order valence-electron chi connectivity index (χ2n) is 6.07.